The van der Waals surface area contributed by atoms with Crippen molar-refractivity contribution in [2.75, 3.05) is 0 Å². The lowest BCUT2D eigenvalue weighted by atomic mass is 10.1. The summed E-state index contributed by atoms with van der Waals surface area (Å²) in [5, 5.41) is 8.16. The van der Waals surface area contributed by atoms with Gasteiger partial charge in [-0.3, -0.25) is 0 Å². The highest BCUT2D eigenvalue weighted by Gasteiger charge is 2.11. The second kappa shape index (κ2) is 6.24. The minimum atomic E-state index is 0.268. The van der Waals surface area contributed by atoms with E-state index >= 15 is 0 Å². The first-order chi connectivity index (χ1) is 11.0. The van der Waals surface area contributed by atoms with Crippen LogP contribution in [0.1, 0.15) is 28.1 Å². The summed E-state index contributed by atoms with van der Waals surface area (Å²) in [6, 6.07) is 12.2. The normalized spacial score (nSPS) is 10.8. The zero-order chi connectivity index (χ0) is 16.4. The molecule has 0 aliphatic heterocycles. The van der Waals surface area contributed by atoms with Gasteiger partial charge in [-0.25, -0.2) is 0 Å². The number of hydrogen-bond donors (Lipinski definition) is 0. The predicted octanol–water partition coefficient (Wildman–Crippen LogP) is 4.55. The van der Waals surface area contributed by atoms with Crippen LogP contribution in [0, 0.1) is 27.7 Å². The highest BCUT2D eigenvalue weighted by atomic mass is 16.5. The van der Waals surface area contributed by atoms with Crippen LogP contribution in [0.15, 0.2) is 40.8 Å². The highest BCUT2D eigenvalue weighted by Crippen LogP contribution is 2.27. The lowest BCUT2D eigenvalue weighted by Gasteiger charge is -2.12. The van der Waals surface area contributed by atoms with Crippen LogP contribution in [0.4, 0.5) is 0 Å². The molecule has 4 heteroatoms. The lowest BCUT2D eigenvalue weighted by Crippen LogP contribution is -2.00. The third kappa shape index (κ3) is 3.26. The smallest absolute Gasteiger partial charge is 0.254 e. The quantitative estimate of drug-likeness (QED) is 0.709. The molecule has 0 amide bonds. The van der Waals surface area contributed by atoms with Crippen molar-refractivity contribution in [3.63, 3.8) is 0 Å². The van der Waals surface area contributed by atoms with Gasteiger partial charge in [0.2, 0.25) is 5.89 Å². The van der Waals surface area contributed by atoms with Crippen molar-refractivity contribution >= 4 is 0 Å². The highest BCUT2D eigenvalue weighted by molar-refractivity contribution is 5.52. The fraction of sp³-hybridized carbons (Fsp3) is 0.263. The molecule has 1 aromatic heterocycles. The Kier molecular flexibility index (Phi) is 4.15. The van der Waals surface area contributed by atoms with Crippen molar-refractivity contribution in [2.45, 2.75) is 34.3 Å². The molecule has 118 valence electrons. The topological polar surface area (TPSA) is 48.2 Å². The van der Waals surface area contributed by atoms with E-state index in [4.69, 9.17) is 9.15 Å². The number of benzene rings is 2. The molecule has 0 saturated heterocycles. The Morgan fingerprint density at radius 3 is 2.30 bits per heavy atom. The number of nitrogens with zero attached hydrogens (tertiary/aromatic N) is 2. The van der Waals surface area contributed by atoms with E-state index in [0.29, 0.717) is 11.8 Å². The zero-order valence-corrected chi connectivity index (χ0v) is 13.9. The minimum Gasteiger partial charge on any atom is -0.483 e. The van der Waals surface area contributed by atoms with E-state index < -0.39 is 0 Å². The Balaban J connectivity index is 1.75. The van der Waals surface area contributed by atoms with Crippen molar-refractivity contribution < 1.29 is 9.15 Å². The summed E-state index contributed by atoms with van der Waals surface area (Å²) >= 11 is 0. The molecule has 0 radical (unpaired) electrons. The van der Waals surface area contributed by atoms with Crippen LogP contribution in [0.2, 0.25) is 0 Å². The standard InChI is InChI=1S/C19H20N2O2/c1-12-5-9-16(10-6-12)19-21-20-17(23-19)11-22-18-14(3)8-7-13(2)15(18)4/h5-10H,11H2,1-4H3. The van der Waals surface area contributed by atoms with Crippen LogP contribution in [0.5, 0.6) is 5.75 Å². The van der Waals surface area contributed by atoms with Gasteiger partial charge in [0.1, 0.15) is 5.75 Å². The van der Waals surface area contributed by atoms with Crippen LogP contribution in [0.3, 0.4) is 0 Å². The van der Waals surface area contributed by atoms with Gasteiger partial charge in [-0.1, -0.05) is 29.8 Å². The average Bonchev–Trinajstić information content (AvgIpc) is 3.01. The van der Waals surface area contributed by atoms with Gasteiger partial charge in [-0.05, 0) is 56.5 Å². The zero-order valence-electron chi connectivity index (χ0n) is 13.9. The van der Waals surface area contributed by atoms with Gasteiger partial charge in [-0.2, -0.15) is 0 Å². The molecule has 0 bridgehead atoms. The Morgan fingerprint density at radius 1 is 0.870 bits per heavy atom. The second-order valence-corrected chi connectivity index (χ2v) is 5.81. The van der Waals surface area contributed by atoms with Gasteiger partial charge in [0.15, 0.2) is 6.61 Å². The monoisotopic (exact) mass is 308 g/mol. The Bertz CT molecular complexity index is 820. The van der Waals surface area contributed by atoms with E-state index in [9.17, 15) is 0 Å². The molecule has 0 fully saturated rings. The van der Waals surface area contributed by atoms with Gasteiger partial charge in [0.05, 0.1) is 0 Å². The Hall–Kier alpha value is -2.62. The third-order valence-electron chi connectivity index (χ3n) is 3.98. The fourth-order valence-corrected chi connectivity index (χ4v) is 2.41. The van der Waals surface area contributed by atoms with E-state index in [1.807, 2.05) is 38.1 Å². The summed E-state index contributed by atoms with van der Waals surface area (Å²) in [4.78, 5) is 0. The largest absolute Gasteiger partial charge is 0.483 e. The van der Waals surface area contributed by atoms with Crippen LogP contribution >= 0.6 is 0 Å². The number of aryl methyl sites for hydroxylation is 3. The summed E-state index contributed by atoms with van der Waals surface area (Å²) < 4.78 is 11.6. The van der Waals surface area contributed by atoms with Crippen LogP contribution in [0.25, 0.3) is 11.5 Å². The van der Waals surface area contributed by atoms with E-state index in [-0.39, 0.29) is 6.61 Å². The number of aromatic nitrogens is 2. The van der Waals surface area contributed by atoms with E-state index in [1.165, 1.54) is 11.1 Å². The molecule has 0 aliphatic carbocycles. The molecule has 2 aromatic carbocycles. The molecule has 3 rings (SSSR count). The third-order valence-corrected chi connectivity index (χ3v) is 3.98. The summed E-state index contributed by atoms with van der Waals surface area (Å²) in [7, 11) is 0. The number of ether oxygens (including phenoxy) is 1. The van der Waals surface area contributed by atoms with Crippen molar-refractivity contribution in [1.29, 1.82) is 0 Å². The van der Waals surface area contributed by atoms with Gasteiger partial charge >= 0.3 is 0 Å². The van der Waals surface area contributed by atoms with Crippen molar-refractivity contribution in [2.24, 2.45) is 0 Å². The Morgan fingerprint density at radius 2 is 1.57 bits per heavy atom. The van der Waals surface area contributed by atoms with Crippen molar-refractivity contribution in [3.05, 3.63) is 64.5 Å². The SMILES string of the molecule is Cc1ccc(-c2nnc(COc3c(C)ccc(C)c3C)o2)cc1. The fourth-order valence-electron chi connectivity index (χ4n) is 2.41. The van der Waals surface area contributed by atoms with E-state index in [0.717, 1.165) is 22.4 Å². The molecular weight excluding hydrogens is 288 g/mol. The summed E-state index contributed by atoms with van der Waals surface area (Å²) in [5.41, 5.74) is 5.56. The van der Waals surface area contributed by atoms with Crippen molar-refractivity contribution in [3.8, 4) is 17.2 Å². The maximum absolute atomic E-state index is 5.91. The molecule has 0 atom stereocenters. The first kappa shape index (κ1) is 15.3. The number of hydrogen-bond acceptors (Lipinski definition) is 4. The summed E-state index contributed by atoms with van der Waals surface area (Å²) in [6.45, 7) is 8.48. The first-order valence-electron chi connectivity index (χ1n) is 7.63. The number of rotatable bonds is 4. The summed E-state index contributed by atoms with van der Waals surface area (Å²) in [5.74, 6) is 1.88. The van der Waals surface area contributed by atoms with Gasteiger partial charge < -0.3 is 9.15 Å². The maximum atomic E-state index is 5.91. The molecule has 0 saturated carbocycles. The first-order valence-corrected chi connectivity index (χ1v) is 7.63. The molecule has 1 heterocycles. The molecule has 3 aromatic rings. The second-order valence-electron chi connectivity index (χ2n) is 5.81. The predicted molar refractivity (Wildman–Crippen MR) is 89.5 cm³/mol. The van der Waals surface area contributed by atoms with Gasteiger partial charge in [0.25, 0.3) is 5.89 Å². The molecule has 0 aliphatic rings. The molecule has 4 nitrogen and oxygen atoms in total. The van der Waals surface area contributed by atoms with Gasteiger partial charge in [0, 0.05) is 5.56 Å². The molecule has 0 spiro atoms. The van der Waals surface area contributed by atoms with Crippen LogP contribution in [-0.4, -0.2) is 10.2 Å². The molecule has 23 heavy (non-hydrogen) atoms. The summed E-state index contributed by atoms with van der Waals surface area (Å²) in [6.07, 6.45) is 0. The molecular formula is C19H20N2O2. The van der Waals surface area contributed by atoms with E-state index in [2.05, 4.69) is 36.2 Å². The van der Waals surface area contributed by atoms with E-state index in [1.54, 1.807) is 0 Å². The van der Waals surface area contributed by atoms with Crippen molar-refractivity contribution in [1.82, 2.24) is 10.2 Å². The molecule has 0 N–H and O–H groups in total. The molecule has 0 unspecified atom stereocenters. The van der Waals surface area contributed by atoms with Gasteiger partial charge in [-0.15, -0.1) is 10.2 Å². The van der Waals surface area contributed by atoms with Crippen LogP contribution in [-0.2, 0) is 6.61 Å². The minimum absolute atomic E-state index is 0.268. The maximum Gasteiger partial charge on any atom is 0.254 e. The van der Waals surface area contributed by atoms with Crippen LogP contribution < -0.4 is 4.74 Å². The Labute approximate surface area is 136 Å². The lowest BCUT2D eigenvalue weighted by molar-refractivity contribution is 0.261. The average molecular weight is 308 g/mol.